The van der Waals surface area contributed by atoms with Crippen molar-refractivity contribution in [3.8, 4) is 0 Å². The lowest BCUT2D eigenvalue weighted by atomic mass is 9.83. The molecule has 1 aliphatic carbocycles. The highest BCUT2D eigenvalue weighted by Crippen LogP contribution is 2.38. The molecule has 5 nitrogen and oxygen atoms in total. The van der Waals surface area contributed by atoms with E-state index < -0.39 is 5.41 Å². The Hall–Kier alpha value is -1.56. The van der Waals surface area contributed by atoms with Crippen LogP contribution in [0.2, 0.25) is 0 Å². The molecule has 0 bridgehead atoms. The van der Waals surface area contributed by atoms with Gasteiger partial charge in [-0.2, -0.15) is 11.3 Å². The van der Waals surface area contributed by atoms with Gasteiger partial charge < -0.3 is 16.3 Å². The van der Waals surface area contributed by atoms with Crippen LogP contribution in [0.4, 0.5) is 0 Å². The van der Waals surface area contributed by atoms with Gasteiger partial charge in [-0.05, 0) is 48.6 Å². The zero-order valence-corrected chi connectivity index (χ0v) is 12.4. The van der Waals surface area contributed by atoms with E-state index in [-0.39, 0.29) is 17.8 Å². The minimum Gasteiger partial charge on any atom is -0.409 e. The van der Waals surface area contributed by atoms with Crippen LogP contribution in [0.3, 0.4) is 0 Å². The van der Waals surface area contributed by atoms with Gasteiger partial charge in [-0.25, -0.2) is 0 Å². The molecule has 2 rings (SSSR count). The largest absolute Gasteiger partial charge is 0.409 e. The van der Waals surface area contributed by atoms with Gasteiger partial charge in [0.05, 0.1) is 0 Å². The maximum Gasteiger partial charge on any atom is 0.234 e. The van der Waals surface area contributed by atoms with Crippen LogP contribution in [-0.4, -0.2) is 23.0 Å². The van der Waals surface area contributed by atoms with Gasteiger partial charge in [0.1, 0.15) is 5.41 Å². The number of hydrogen-bond donors (Lipinski definition) is 3. The number of nitrogens with two attached hydrogens (primary N) is 1. The molecule has 1 heterocycles. The third kappa shape index (κ3) is 2.95. The number of carbonyl (C=O) groups excluding carboxylic acids is 1. The van der Waals surface area contributed by atoms with E-state index in [0.29, 0.717) is 12.8 Å². The Morgan fingerprint density at radius 1 is 1.60 bits per heavy atom. The zero-order valence-electron chi connectivity index (χ0n) is 11.6. The van der Waals surface area contributed by atoms with Crippen molar-refractivity contribution in [2.45, 2.75) is 45.1 Å². The lowest BCUT2D eigenvalue weighted by Crippen LogP contribution is -2.50. The Labute approximate surface area is 122 Å². The number of oxime groups is 1. The average molecular weight is 295 g/mol. The fraction of sp³-hybridized carbons (Fsp3) is 0.571. The molecule has 1 saturated carbocycles. The lowest BCUT2D eigenvalue weighted by Gasteiger charge is -2.28. The van der Waals surface area contributed by atoms with Gasteiger partial charge in [-0.3, -0.25) is 4.79 Å². The zero-order chi connectivity index (χ0) is 14.6. The van der Waals surface area contributed by atoms with Crippen molar-refractivity contribution in [2.24, 2.45) is 16.3 Å². The Morgan fingerprint density at radius 2 is 2.30 bits per heavy atom. The highest BCUT2D eigenvalue weighted by molar-refractivity contribution is 7.07. The Bertz CT molecular complexity index is 479. The molecule has 0 saturated heterocycles. The van der Waals surface area contributed by atoms with E-state index in [0.717, 1.165) is 19.3 Å². The molecule has 0 aromatic carbocycles. The summed E-state index contributed by atoms with van der Waals surface area (Å²) in [4.78, 5) is 12.5. The SMILES string of the molecule is CC(Cc1ccsc1)NC(=O)C1(C(N)=NO)CCCC1. The summed E-state index contributed by atoms with van der Waals surface area (Å²) in [5, 5.41) is 19.1. The van der Waals surface area contributed by atoms with Crippen LogP contribution < -0.4 is 11.1 Å². The summed E-state index contributed by atoms with van der Waals surface area (Å²) in [6, 6.07) is 2.09. The van der Waals surface area contributed by atoms with Crippen LogP contribution >= 0.6 is 11.3 Å². The minimum atomic E-state index is -0.822. The van der Waals surface area contributed by atoms with Crippen molar-refractivity contribution >= 4 is 23.1 Å². The van der Waals surface area contributed by atoms with Crippen LogP contribution in [0.1, 0.15) is 38.2 Å². The first-order chi connectivity index (χ1) is 9.58. The van der Waals surface area contributed by atoms with Gasteiger partial charge in [0.25, 0.3) is 0 Å². The van der Waals surface area contributed by atoms with Gasteiger partial charge in [-0.1, -0.05) is 18.0 Å². The van der Waals surface area contributed by atoms with Crippen molar-refractivity contribution in [3.63, 3.8) is 0 Å². The molecule has 1 aromatic heterocycles. The third-order valence-corrected chi connectivity index (χ3v) is 4.72. The molecule has 0 spiro atoms. The number of thiophene rings is 1. The monoisotopic (exact) mass is 295 g/mol. The molecule has 1 atom stereocenters. The summed E-state index contributed by atoms with van der Waals surface area (Å²) < 4.78 is 0. The Balaban J connectivity index is 2.02. The second-order valence-electron chi connectivity index (χ2n) is 5.48. The summed E-state index contributed by atoms with van der Waals surface area (Å²) in [7, 11) is 0. The van der Waals surface area contributed by atoms with Crippen LogP contribution in [0.5, 0.6) is 0 Å². The van der Waals surface area contributed by atoms with Gasteiger partial charge in [-0.15, -0.1) is 0 Å². The molecule has 0 aliphatic heterocycles. The highest BCUT2D eigenvalue weighted by atomic mass is 32.1. The second-order valence-corrected chi connectivity index (χ2v) is 6.26. The first-order valence-electron chi connectivity index (χ1n) is 6.88. The molecule has 1 aliphatic rings. The topological polar surface area (TPSA) is 87.7 Å². The molecular weight excluding hydrogens is 274 g/mol. The van der Waals surface area contributed by atoms with E-state index in [1.54, 1.807) is 11.3 Å². The summed E-state index contributed by atoms with van der Waals surface area (Å²) in [6.45, 7) is 1.98. The number of nitrogens with zero attached hydrogens (tertiary/aromatic N) is 1. The summed E-state index contributed by atoms with van der Waals surface area (Å²) in [5.41, 5.74) is 6.16. The van der Waals surface area contributed by atoms with E-state index in [2.05, 4.69) is 21.9 Å². The first-order valence-corrected chi connectivity index (χ1v) is 7.83. The number of amides is 1. The van der Waals surface area contributed by atoms with Crippen LogP contribution in [0.15, 0.2) is 22.0 Å². The number of carbonyl (C=O) groups is 1. The second kappa shape index (κ2) is 6.26. The van der Waals surface area contributed by atoms with Crippen molar-refractivity contribution in [3.05, 3.63) is 22.4 Å². The number of hydrogen-bond acceptors (Lipinski definition) is 4. The van der Waals surface area contributed by atoms with Crippen molar-refractivity contribution < 1.29 is 10.0 Å². The first kappa shape index (κ1) is 14.8. The normalized spacial score (nSPS) is 19.8. The predicted molar refractivity (Wildman–Crippen MR) is 79.9 cm³/mol. The van der Waals surface area contributed by atoms with Gasteiger partial charge in [0.2, 0.25) is 5.91 Å². The van der Waals surface area contributed by atoms with Gasteiger partial charge >= 0.3 is 0 Å². The standard InChI is InChI=1S/C14H21N3O2S/c1-10(8-11-4-7-20-9-11)16-13(18)14(12(15)17-19)5-2-3-6-14/h4,7,9-10,19H,2-3,5-6,8H2,1H3,(H2,15,17)(H,16,18). The van der Waals surface area contributed by atoms with Crippen LogP contribution in [0.25, 0.3) is 0 Å². The van der Waals surface area contributed by atoms with E-state index >= 15 is 0 Å². The quantitative estimate of drug-likeness (QED) is 0.336. The maximum absolute atomic E-state index is 12.5. The Morgan fingerprint density at radius 3 is 2.85 bits per heavy atom. The highest BCUT2D eigenvalue weighted by Gasteiger charge is 2.45. The van der Waals surface area contributed by atoms with Crippen LogP contribution in [-0.2, 0) is 11.2 Å². The third-order valence-electron chi connectivity index (χ3n) is 3.99. The van der Waals surface area contributed by atoms with Crippen molar-refractivity contribution in [1.82, 2.24) is 5.32 Å². The van der Waals surface area contributed by atoms with Crippen LogP contribution in [0, 0.1) is 5.41 Å². The van der Waals surface area contributed by atoms with Crippen molar-refractivity contribution in [1.29, 1.82) is 0 Å². The molecule has 1 unspecified atom stereocenters. The van der Waals surface area contributed by atoms with Gasteiger partial charge in [0, 0.05) is 6.04 Å². The molecule has 4 N–H and O–H groups in total. The molecule has 1 amide bonds. The smallest absolute Gasteiger partial charge is 0.234 e. The predicted octanol–water partition coefficient (Wildman–Crippen LogP) is 2.10. The molecule has 1 aromatic rings. The van der Waals surface area contributed by atoms with E-state index in [1.165, 1.54) is 5.56 Å². The van der Waals surface area contributed by atoms with E-state index in [4.69, 9.17) is 10.9 Å². The van der Waals surface area contributed by atoms with Gasteiger partial charge in [0.15, 0.2) is 5.84 Å². The fourth-order valence-corrected chi connectivity index (χ4v) is 3.53. The van der Waals surface area contributed by atoms with E-state index in [1.807, 2.05) is 12.3 Å². The molecule has 1 fully saturated rings. The van der Waals surface area contributed by atoms with E-state index in [9.17, 15) is 4.79 Å². The minimum absolute atomic E-state index is 0.0288. The molecule has 6 heteroatoms. The lowest BCUT2D eigenvalue weighted by molar-refractivity contribution is -0.128. The molecule has 20 heavy (non-hydrogen) atoms. The maximum atomic E-state index is 12.5. The molecular formula is C14H21N3O2S. The number of nitrogens with one attached hydrogen (secondary N) is 1. The number of amidine groups is 1. The molecule has 0 radical (unpaired) electrons. The van der Waals surface area contributed by atoms with Crippen molar-refractivity contribution in [2.75, 3.05) is 0 Å². The number of rotatable bonds is 5. The summed E-state index contributed by atoms with van der Waals surface area (Å²) in [6.07, 6.45) is 3.96. The molecule has 110 valence electrons. The summed E-state index contributed by atoms with van der Waals surface area (Å²) in [5.74, 6) is -0.0803. The average Bonchev–Trinajstić information content (AvgIpc) is 3.08. The fourth-order valence-electron chi connectivity index (χ4n) is 2.85. The summed E-state index contributed by atoms with van der Waals surface area (Å²) >= 11 is 1.65. The Kier molecular flexibility index (Phi) is 4.65.